The standard InChI is InChI=1S/C15H20O/c1-8-9(2)15(5)10(3)14(8,4)11-6-7-12(16)13(11)15/h6-7,10-11,13H,1-5H3/t10?,11-,13-,14+,15-/m0/s1. The van der Waals surface area contributed by atoms with E-state index in [4.69, 9.17) is 0 Å². The molecular weight excluding hydrogens is 196 g/mol. The highest BCUT2D eigenvalue weighted by Gasteiger charge is 2.69. The summed E-state index contributed by atoms with van der Waals surface area (Å²) in [5.41, 5.74) is 3.32. The lowest BCUT2D eigenvalue weighted by molar-refractivity contribution is -0.120. The van der Waals surface area contributed by atoms with E-state index in [9.17, 15) is 4.79 Å². The second-order valence-electron chi connectivity index (χ2n) is 6.30. The van der Waals surface area contributed by atoms with Gasteiger partial charge in [0.15, 0.2) is 5.78 Å². The van der Waals surface area contributed by atoms with Crippen LogP contribution in [0.15, 0.2) is 23.3 Å². The lowest BCUT2D eigenvalue weighted by Crippen LogP contribution is -2.34. The maximum Gasteiger partial charge on any atom is 0.159 e. The molecule has 0 aromatic heterocycles. The summed E-state index contributed by atoms with van der Waals surface area (Å²) in [5.74, 6) is 1.61. The fourth-order valence-electron chi connectivity index (χ4n) is 4.93. The van der Waals surface area contributed by atoms with E-state index in [1.165, 1.54) is 11.1 Å². The van der Waals surface area contributed by atoms with E-state index in [0.29, 0.717) is 17.6 Å². The van der Waals surface area contributed by atoms with Crippen molar-refractivity contribution in [2.24, 2.45) is 28.6 Å². The highest BCUT2D eigenvalue weighted by atomic mass is 16.1. The first-order valence-corrected chi connectivity index (χ1v) is 6.26. The van der Waals surface area contributed by atoms with Crippen molar-refractivity contribution in [2.75, 3.05) is 0 Å². The Morgan fingerprint density at radius 3 is 2.31 bits per heavy atom. The van der Waals surface area contributed by atoms with Crippen LogP contribution in [-0.4, -0.2) is 5.78 Å². The van der Waals surface area contributed by atoms with E-state index in [2.05, 4.69) is 40.7 Å². The Kier molecular flexibility index (Phi) is 1.63. The molecule has 1 fully saturated rings. The fourth-order valence-corrected chi connectivity index (χ4v) is 4.93. The van der Waals surface area contributed by atoms with Crippen molar-refractivity contribution in [3.8, 4) is 0 Å². The Morgan fingerprint density at radius 1 is 1.12 bits per heavy atom. The summed E-state index contributed by atoms with van der Waals surface area (Å²) in [6.45, 7) is 11.5. The molecule has 1 saturated carbocycles. The molecule has 5 atom stereocenters. The summed E-state index contributed by atoms with van der Waals surface area (Å²) in [6.07, 6.45) is 3.99. The van der Waals surface area contributed by atoms with Crippen molar-refractivity contribution in [1.82, 2.24) is 0 Å². The number of hydrogen-bond acceptors (Lipinski definition) is 1. The molecule has 1 unspecified atom stereocenters. The summed E-state index contributed by atoms with van der Waals surface area (Å²) in [4.78, 5) is 12.1. The molecule has 0 heterocycles. The summed E-state index contributed by atoms with van der Waals surface area (Å²) in [7, 11) is 0. The molecule has 1 nitrogen and oxygen atoms in total. The van der Waals surface area contributed by atoms with Gasteiger partial charge in [0, 0.05) is 11.3 Å². The smallest absolute Gasteiger partial charge is 0.159 e. The molecule has 3 rings (SSSR count). The Bertz CT molecular complexity index is 452. The van der Waals surface area contributed by atoms with Crippen LogP contribution in [0.3, 0.4) is 0 Å². The molecule has 0 aromatic carbocycles. The van der Waals surface area contributed by atoms with Crippen molar-refractivity contribution in [3.63, 3.8) is 0 Å². The van der Waals surface area contributed by atoms with Crippen LogP contribution in [0, 0.1) is 28.6 Å². The third-order valence-electron chi connectivity index (χ3n) is 6.45. The van der Waals surface area contributed by atoms with Gasteiger partial charge in [0.25, 0.3) is 0 Å². The Balaban J connectivity index is 2.29. The minimum absolute atomic E-state index is 0.101. The molecule has 2 bridgehead atoms. The molecule has 1 heteroatoms. The number of carbonyl (C=O) groups excluding carboxylic acids is 1. The van der Waals surface area contributed by atoms with Gasteiger partial charge in [-0.15, -0.1) is 0 Å². The molecule has 3 aliphatic rings. The second kappa shape index (κ2) is 2.52. The Labute approximate surface area is 97.6 Å². The van der Waals surface area contributed by atoms with Gasteiger partial charge in [-0.05, 0) is 37.2 Å². The van der Waals surface area contributed by atoms with Crippen LogP contribution in [-0.2, 0) is 4.79 Å². The number of rotatable bonds is 0. The molecule has 3 aliphatic carbocycles. The third-order valence-corrected chi connectivity index (χ3v) is 6.45. The minimum Gasteiger partial charge on any atom is -0.294 e. The quantitative estimate of drug-likeness (QED) is 0.567. The Hall–Kier alpha value is -0.850. The van der Waals surface area contributed by atoms with Crippen LogP contribution in [0.4, 0.5) is 0 Å². The van der Waals surface area contributed by atoms with Gasteiger partial charge in [0.2, 0.25) is 0 Å². The van der Waals surface area contributed by atoms with Crippen LogP contribution >= 0.6 is 0 Å². The number of carbonyl (C=O) groups is 1. The van der Waals surface area contributed by atoms with Gasteiger partial charge in [-0.25, -0.2) is 0 Å². The predicted octanol–water partition coefficient (Wildman–Crippen LogP) is 3.37. The SMILES string of the molecule is CC1=C(C)[C@]2(C)C(C)[C@@]1(C)[C@@H]1C(=O)C=C[C@@H]12. The van der Waals surface area contributed by atoms with E-state index >= 15 is 0 Å². The zero-order valence-electron chi connectivity index (χ0n) is 10.8. The van der Waals surface area contributed by atoms with Crippen molar-refractivity contribution in [3.05, 3.63) is 23.3 Å². The Morgan fingerprint density at radius 2 is 1.69 bits per heavy atom. The van der Waals surface area contributed by atoms with Gasteiger partial charge >= 0.3 is 0 Å². The minimum atomic E-state index is 0.101. The van der Waals surface area contributed by atoms with Gasteiger partial charge in [-0.1, -0.05) is 38.0 Å². The van der Waals surface area contributed by atoms with Gasteiger partial charge in [0.1, 0.15) is 0 Å². The molecule has 86 valence electrons. The molecule has 0 radical (unpaired) electrons. The molecule has 0 N–H and O–H groups in total. The topological polar surface area (TPSA) is 17.1 Å². The summed E-state index contributed by atoms with van der Waals surface area (Å²) >= 11 is 0. The monoisotopic (exact) mass is 216 g/mol. The van der Waals surface area contributed by atoms with Crippen molar-refractivity contribution in [1.29, 1.82) is 0 Å². The van der Waals surface area contributed by atoms with Crippen LogP contribution in [0.5, 0.6) is 0 Å². The average Bonchev–Trinajstić information content (AvgIpc) is 2.75. The first-order chi connectivity index (χ1) is 7.36. The van der Waals surface area contributed by atoms with Gasteiger partial charge < -0.3 is 0 Å². The van der Waals surface area contributed by atoms with Gasteiger partial charge in [0.05, 0.1) is 0 Å². The normalized spacial score (nSPS) is 54.1. The van der Waals surface area contributed by atoms with Crippen molar-refractivity contribution in [2.45, 2.75) is 34.6 Å². The zero-order valence-corrected chi connectivity index (χ0v) is 10.8. The number of allylic oxidation sites excluding steroid dienone is 4. The molecule has 0 aromatic rings. The highest BCUT2D eigenvalue weighted by Crippen LogP contribution is 2.73. The van der Waals surface area contributed by atoms with Crippen LogP contribution in [0.1, 0.15) is 34.6 Å². The number of ketones is 1. The number of fused-ring (bicyclic) bond motifs is 5. The van der Waals surface area contributed by atoms with E-state index in [-0.39, 0.29) is 16.7 Å². The van der Waals surface area contributed by atoms with E-state index in [0.717, 1.165) is 0 Å². The highest BCUT2D eigenvalue weighted by molar-refractivity contribution is 5.96. The molecule has 0 spiro atoms. The van der Waals surface area contributed by atoms with Crippen LogP contribution in [0.25, 0.3) is 0 Å². The summed E-state index contributed by atoms with van der Waals surface area (Å²) in [5, 5.41) is 0. The first kappa shape index (κ1) is 10.3. The average molecular weight is 216 g/mol. The van der Waals surface area contributed by atoms with E-state index in [1.54, 1.807) is 0 Å². The zero-order chi connectivity index (χ0) is 11.9. The maximum absolute atomic E-state index is 12.1. The first-order valence-electron chi connectivity index (χ1n) is 6.26. The van der Waals surface area contributed by atoms with E-state index in [1.807, 2.05) is 6.08 Å². The summed E-state index contributed by atoms with van der Waals surface area (Å²) in [6, 6.07) is 0. The molecule has 0 saturated heterocycles. The van der Waals surface area contributed by atoms with Crippen LogP contribution < -0.4 is 0 Å². The fraction of sp³-hybridized carbons (Fsp3) is 0.667. The van der Waals surface area contributed by atoms with Crippen molar-refractivity contribution >= 4 is 5.78 Å². The molecule has 0 amide bonds. The summed E-state index contributed by atoms with van der Waals surface area (Å²) < 4.78 is 0. The lowest BCUT2D eigenvalue weighted by atomic mass is 9.66. The number of hydrogen-bond donors (Lipinski definition) is 0. The molecule has 0 aliphatic heterocycles. The second-order valence-corrected chi connectivity index (χ2v) is 6.30. The largest absolute Gasteiger partial charge is 0.294 e. The van der Waals surface area contributed by atoms with Gasteiger partial charge in [-0.2, -0.15) is 0 Å². The van der Waals surface area contributed by atoms with E-state index < -0.39 is 0 Å². The predicted molar refractivity (Wildman–Crippen MR) is 64.9 cm³/mol. The molecular formula is C15H20O. The molecule has 16 heavy (non-hydrogen) atoms. The van der Waals surface area contributed by atoms with Crippen LogP contribution in [0.2, 0.25) is 0 Å². The van der Waals surface area contributed by atoms with Gasteiger partial charge in [-0.3, -0.25) is 4.79 Å². The van der Waals surface area contributed by atoms with Crippen molar-refractivity contribution < 1.29 is 4.79 Å². The maximum atomic E-state index is 12.1. The third kappa shape index (κ3) is 0.714. The lowest BCUT2D eigenvalue weighted by Gasteiger charge is -2.36.